The number of benzene rings is 1. The SMILES string of the molecule is CCCN1CCc2c(sc(NC(=O)c3ccccc3SCC)c2C(N)=O)C1.Cl. The summed E-state index contributed by atoms with van der Waals surface area (Å²) in [6, 6.07) is 7.54. The number of carbonyl (C=O) groups is 2. The number of hydrogen-bond acceptors (Lipinski definition) is 5. The number of fused-ring (bicyclic) bond motifs is 1. The molecule has 0 bridgehead atoms. The molecule has 0 unspecified atom stereocenters. The summed E-state index contributed by atoms with van der Waals surface area (Å²) in [7, 11) is 0. The van der Waals surface area contributed by atoms with Crippen molar-refractivity contribution in [1.82, 2.24) is 4.90 Å². The molecule has 0 saturated heterocycles. The van der Waals surface area contributed by atoms with Gasteiger partial charge in [0.2, 0.25) is 0 Å². The number of thiophene rings is 1. The topological polar surface area (TPSA) is 75.4 Å². The molecule has 1 aromatic carbocycles. The highest BCUT2D eigenvalue weighted by Crippen LogP contribution is 2.37. The van der Waals surface area contributed by atoms with Crippen LogP contribution in [-0.4, -0.2) is 35.6 Å². The molecule has 5 nitrogen and oxygen atoms in total. The number of halogens is 1. The van der Waals surface area contributed by atoms with Crippen LogP contribution in [0.4, 0.5) is 5.00 Å². The monoisotopic (exact) mass is 439 g/mol. The van der Waals surface area contributed by atoms with Gasteiger partial charge in [-0.2, -0.15) is 0 Å². The van der Waals surface area contributed by atoms with E-state index in [0.717, 1.165) is 53.6 Å². The van der Waals surface area contributed by atoms with Gasteiger partial charge in [-0.1, -0.05) is 26.0 Å². The van der Waals surface area contributed by atoms with Crippen molar-refractivity contribution in [2.75, 3.05) is 24.2 Å². The molecule has 1 aliphatic heterocycles. The minimum Gasteiger partial charge on any atom is -0.365 e. The molecule has 3 N–H and O–H groups in total. The van der Waals surface area contributed by atoms with Gasteiger partial charge in [-0.25, -0.2) is 0 Å². The van der Waals surface area contributed by atoms with Gasteiger partial charge in [-0.15, -0.1) is 35.5 Å². The second-order valence-electron chi connectivity index (χ2n) is 6.48. The van der Waals surface area contributed by atoms with Crippen LogP contribution in [0.2, 0.25) is 0 Å². The van der Waals surface area contributed by atoms with Gasteiger partial charge in [-0.05, 0) is 42.8 Å². The first-order chi connectivity index (χ1) is 13.0. The number of rotatable bonds is 7. The molecule has 2 heterocycles. The third kappa shape index (κ3) is 4.89. The number of nitrogens with two attached hydrogens (primary N) is 1. The lowest BCUT2D eigenvalue weighted by atomic mass is 10.0. The maximum Gasteiger partial charge on any atom is 0.257 e. The maximum atomic E-state index is 12.9. The predicted octanol–water partition coefficient (Wildman–Crippen LogP) is 4.40. The average molecular weight is 440 g/mol. The van der Waals surface area contributed by atoms with E-state index in [1.807, 2.05) is 24.3 Å². The fourth-order valence-electron chi connectivity index (χ4n) is 3.42. The average Bonchev–Trinajstić information content (AvgIpc) is 3.00. The Bertz CT molecular complexity index is 854. The highest BCUT2D eigenvalue weighted by Gasteiger charge is 2.27. The molecule has 152 valence electrons. The quantitative estimate of drug-likeness (QED) is 0.627. The van der Waals surface area contributed by atoms with Crippen LogP contribution in [-0.2, 0) is 13.0 Å². The summed E-state index contributed by atoms with van der Waals surface area (Å²) in [5.41, 5.74) is 7.78. The highest BCUT2D eigenvalue weighted by atomic mass is 35.5. The summed E-state index contributed by atoms with van der Waals surface area (Å²) in [6.45, 7) is 6.98. The van der Waals surface area contributed by atoms with E-state index in [9.17, 15) is 9.59 Å². The van der Waals surface area contributed by atoms with Crippen LogP contribution in [0.3, 0.4) is 0 Å². The van der Waals surface area contributed by atoms with Crippen LogP contribution in [0.5, 0.6) is 0 Å². The van der Waals surface area contributed by atoms with Crippen LogP contribution in [0, 0.1) is 0 Å². The van der Waals surface area contributed by atoms with E-state index in [2.05, 4.69) is 24.1 Å². The van der Waals surface area contributed by atoms with E-state index in [1.165, 1.54) is 11.3 Å². The molecule has 2 aromatic rings. The molecule has 0 aliphatic carbocycles. The Morgan fingerprint density at radius 1 is 1.29 bits per heavy atom. The third-order valence-electron chi connectivity index (χ3n) is 4.58. The van der Waals surface area contributed by atoms with E-state index in [1.54, 1.807) is 11.8 Å². The van der Waals surface area contributed by atoms with Gasteiger partial charge in [0.05, 0.1) is 11.1 Å². The van der Waals surface area contributed by atoms with Crippen LogP contribution in [0.25, 0.3) is 0 Å². The molecule has 0 radical (unpaired) electrons. The fourth-order valence-corrected chi connectivity index (χ4v) is 5.51. The van der Waals surface area contributed by atoms with Crippen molar-refractivity contribution in [2.45, 2.75) is 38.1 Å². The molecule has 0 saturated carbocycles. The zero-order valence-corrected chi connectivity index (χ0v) is 18.6. The number of hydrogen-bond donors (Lipinski definition) is 2. The van der Waals surface area contributed by atoms with Crippen LogP contribution in [0.15, 0.2) is 29.2 Å². The molecule has 8 heteroatoms. The smallest absolute Gasteiger partial charge is 0.257 e. The molecule has 0 spiro atoms. The predicted molar refractivity (Wildman–Crippen MR) is 120 cm³/mol. The molecule has 3 rings (SSSR count). The summed E-state index contributed by atoms with van der Waals surface area (Å²) in [5, 5.41) is 3.53. The minimum absolute atomic E-state index is 0. The first-order valence-corrected chi connectivity index (χ1v) is 11.0. The summed E-state index contributed by atoms with van der Waals surface area (Å²) in [6.07, 6.45) is 1.89. The van der Waals surface area contributed by atoms with Crippen LogP contribution in [0.1, 0.15) is 51.4 Å². The first kappa shape index (κ1) is 22.7. The van der Waals surface area contributed by atoms with Crippen molar-refractivity contribution in [2.24, 2.45) is 5.73 Å². The molecule has 1 aliphatic rings. The molecule has 1 aromatic heterocycles. The summed E-state index contributed by atoms with van der Waals surface area (Å²) >= 11 is 3.11. The van der Waals surface area contributed by atoms with Crippen LogP contribution >= 0.6 is 35.5 Å². The Hall–Kier alpha value is -1.54. The Balaban J connectivity index is 0.00000280. The van der Waals surface area contributed by atoms with E-state index < -0.39 is 5.91 Å². The summed E-state index contributed by atoms with van der Waals surface area (Å²) < 4.78 is 0. The van der Waals surface area contributed by atoms with Gasteiger partial charge in [-0.3, -0.25) is 14.5 Å². The lowest BCUT2D eigenvalue weighted by Crippen LogP contribution is -2.31. The highest BCUT2D eigenvalue weighted by molar-refractivity contribution is 7.99. The van der Waals surface area contributed by atoms with E-state index in [4.69, 9.17) is 5.73 Å². The van der Waals surface area contributed by atoms with Crippen molar-refractivity contribution in [3.63, 3.8) is 0 Å². The zero-order valence-electron chi connectivity index (χ0n) is 16.1. The minimum atomic E-state index is -0.469. The maximum absolute atomic E-state index is 12.9. The van der Waals surface area contributed by atoms with Gasteiger partial charge >= 0.3 is 0 Å². The van der Waals surface area contributed by atoms with Crippen molar-refractivity contribution < 1.29 is 9.59 Å². The lowest BCUT2D eigenvalue weighted by Gasteiger charge is -2.26. The van der Waals surface area contributed by atoms with Crippen molar-refractivity contribution in [3.05, 3.63) is 45.8 Å². The summed E-state index contributed by atoms with van der Waals surface area (Å²) in [4.78, 5) is 29.4. The van der Waals surface area contributed by atoms with Crippen molar-refractivity contribution in [1.29, 1.82) is 0 Å². The first-order valence-electron chi connectivity index (χ1n) is 9.25. The van der Waals surface area contributed by atoms with E-state index in [0.29, 0.717) is 16.1 Å². The van der Waals surface area contributed by atoms with Crippen LogP contribution < -0.4 is 11.1 Å². The Morgan fingerprint density at radius 2 is 2.04 bits per heavy atom. The van der Waals surface area contributed by atoms with Gasteiger partial charge in [0.1, 0.15) is 5.00 Å². The summed E-state index contributed by atoms with van der Waals surface area (Å²) in [5.74, 6) is 0.221. The molecule has 2 amide bonds. The number of amides is 2. The zero-order chi connectivity index (χ0) is 19.4. The molecule has 28 heavy (non-hydrogen) atoms. The molecule has 0 fully saturated rings. The Kier molecular flexibility index (Phi) is 8.37. The van der Waals surface area contributed by atoms with E-state index in [-0.39, 0.29) is 18.3 Å². The Labute approximate surface area is 180 Å². The largest absolute Gasteiger partial charge is 0.365 e. The Morgan fingerprint density at radius 3 is 2.71 bits per heavy atom. The molecule has 0 atom stereocenters. The van der Waals surface area contributed by atoms with Crippen molar-refractivity contribution >= 4 is 52.3 Å². The third-order valence-corrected chi connectivity index (χ3v) is 6.67. The molecular weight excluding hydrogens is 414 g/mol. The number of anilines is 1. The fraction of sp³-hybridized carbons (Fsp3) is 0.400. The standard InChI is InChI=1S/C20H25N3O2S2.ClH/c1-3-10-23-11-9-13-16(12-23)27-20(17(13)18(21)24)22-19(25)14-7-5-6-8-15(14)26-4-2;/h5-8H,3-4,9-12H2,1-2H3,(H2,21,24)(H,22,25);1H. The number of nitrogens with one attached hydrogen (secondary N) is 1. The van der Waals surface area contributed by atoms with Gasteiger partial charge < -0.3 is 11.1 Å². The second-order valence-corrected chi connectivity index (χ2v) is 8.89. The van der Waals surface area contributed by atoms with Crippen molar-refractivity contribution in [3.8, 4) is 0 Å². The lowest BCUT2D eigenvalue weighted by molar-refractivity contribution is 0.1000. The number of thioether (sulfide) groups is 1. The second kappa shape index (κ2) is 10.3. The number of carbonyl (C=O) groups excluding carboxylic acids is 2. The number of primary amides is 1. The normalized spacial score (nSPS) is 13.5. The molecular formula is C20H26ClN3O2S2. The van der Waals surface area contributed by atoms with E-state index >= 15 is 0 Å². The van der Waals surface area contributed by atoms with Gasteiger partial charge in [0, 0.05) is 22.9 Å². The number of nitrogens with zero attached hydrogens (tertiary/aromatic N) is 1. The van der Waals surface area contributed by atoms with Gasteiger partial charge in [0.15, 0.2) is 0 Å². The van der Waals surface area contributed by atoms with Gasteiger partial charge in [0.25, 0.3) is 11.8 Å².